The number of aliphatic hydroxyl groups excluding tert-OH is 1. The maximum Gasteiger partial charge on any atom is 0.329 e. The number of nitrogens with one attached hydrogen (secondary N) is 1. The lowest BCUT2D eigenvalue weighted by molar-refractivity contribution is -0.0556. The van der Waals surface area contributed by atoms with Gasteiger partial charge >= 0.3 is 5.69 Å². The number of aromatic nitrogens is 4. The van der Waals surface area contributed by atoms with Crippen LogP contribution in [0.1, 0.15) is 48.7 Å². The second-order valence-electron chi connectivity index (χ2n) is 8.82. The van der Waals surface area contributed by atoms with Crippen molar-refractivity contribution in [2.24, 2.45) is 7.05 Å². The summed E-state index contributed by atoms with van der Waals surface area (Å²) in [5.41, 5.74) is 2.79. The molecule has 2 heterocycles. The van der Waals surface area contributed by atoms with Crippen LogP contribution in [0.5, 0.6) is 0 Å². The highest BCUT2D eigenvalue weighted by molar-refractivity contribution is 6.01. The molecule has 0 aliphatic heterocycles. The van der Waals surface area contributed by atoms with E-state index in [4.69, 9.17) is 5.11 Å². The van der Waals surface area contributed by atoms with Gasteiger partial charge in [-0.3, -0.25) is 9.13 Å². The van der Waals surface area contributed by atoms with Gasteiger partial charge in [0.25, 0.3) is 5.92 Å². The van der Waals surface area contributed by atoms with Crippen molar-refractivity contribution < 1.29 is 13.9 Å². The summed E-state index contributed by atoms with van der Waals surface area (Å²) in [6.45, 7) is 2.47. The fourth-order valence-electron chi connectivity index (χ4n) is 4.34. The minimum Gasteiger partial charge on any atom is -0.390 e. The predicted molar refractivity (Wildman–Crippen MR) is 123 cm³/mol. The number of alkyl halides is 2. The molecule has 1 aliphatic carbocycles. The number of rotatable bonds is 6. The topological polar surface area (TPSA) is 85.0 Å². The van der Waals surface area contributed by atoms with Gasteiger partial charge in [-0.05, 0) is 50.5 Å². The van der Waals surface area contributed by atoms with Gasteiger partial charge in [0.05, 0.1) is 22.8 Å². The summed E-state index contributed by atoms with van der Waals surface area (Å²) in [5, 5.41) is 22.6. The minimum absolute atomic E-state index is 0.0362. The molecule has 1 atom stereocenters. The maximum absolute atomic E-state index is 14.0. The van der Waals surface area contributed by atoms with Crippen molar-refractivity contribution in [1.82, 2.24) is 19.3 Å². The quantitative estimate of drug-likeness (QED) is 0.458. The lowest BCUT2D eigenvalue weighted by Crippen LogP contribution is -2.21. The first-order valence-corrected chi connectivity index (χ1v) is 10.9. The van der Waals surface area contributed by atoms with Crippen LogP contribution in [0.4, 0.5) is 14.6 Å². The van der Waals surface area contributed by atoms with Crippen LogP contribution < -0.4 is 11.0 Å². The summed E-state index contributed by atoms with van der Waals surface area (Å²) in [5.74, 6) is -2.79. The van der Waals surface area contributed by atoms with E-state index >= 15 is 0 Å². The third kappa shape index (κ3) is 3.56. The third-order valence-electron chi connectivity index (χ3n) is 6.45. The predicted octanol–water partition coefficient (Wildman–Crippen LogP) is 4.18. The number of aliphatic hydroxyl groups is 1. The van der Waals surface area contributed by atoms with Gasteiger partial charge in [0.2, 0.25) is 0 Å². The Morgan fingerprint density at radius 3 is 2.61 bits per heavy atom. The van der Waals surface area contributed by atoms with Crippen LogP contribution in [0.15, 0.2) is 41.2 Å². The van der Waals surface area contributed by atoms with Crippen molar-refractivity contribution >= 4 is 27.6 Å². The molecule has 0 radical (unpaired) electrons. The zero-order chi connectivity index (χ0) is 23.5. The fraction of sp³-hybridized carbons (Fsp3) is 0.375. The molecule has 0 saturated heterocycles. The van der Waals surface area contributed by atoms with E-state index in [2.05, 4.69) is 15.5 Å². The molecule has 1 aliphatic rings. The van der Waals surface area contributed by atoms with E-state index in [9.17, 15) is 13.6 Å². The van der Waals surface area contributed by atoms with Crippen molar-refractivity contribution in [2.75, 3.05) is 11.9 Å². The number of hydrogen-bond acceptors (Lipinski definition) is 5. The van der Waals surface area contributed by atoms with E-state index in [1.807, 2.05) is 30.5 Å². The van der Waals surface area contributed by atoms with Gasteiger partial charge in [-0.2, -0.15) is 13.9 Å². The Bertz CT molecular complexity index is 1440. The number of anilines is 1. The summed E-state index contributed by atoms with van der Waals surface area (Å²) in [4.78, 5) is 12.8. The number of halogens is 2. The molecule has 2 aromatic heterocycles. The van der Waals surface area contributed by atoms with Gasteiger partial charge < -0.3 is 10.4 Å². The highest BCUT2D eigenvalue weighted by Gasteiger charge is 2.31. The first-order valence-electron chi connectivity index (χ1n) is 10.9. The molecular weight excluding hydrogens is 428 g/mol. The Hall–Kier alpha value is -3.33. The molecule has 0 spiro atoms. The second-order valence-corrected chi connectivity index (χ2v) is 8.82. The molecule has 0 amide bonds. The first-order chi connectivity index (χ1) is 15.7. The molecule has 9 heteroatoms. The SMILES string of the molecule is Cc1nnc(N[C@H](C)c2cccc(C(F)(F)CO)c2)c2cc3c(cc12)n(C)c(=O)n3C1CC1. The van der Waals surface area contributed by atoms with E-state index in [1.165, 1.54) is 12.1 Å². The van der Waals surface area contributed by atoms with Crippen LogP contribution in [-0.2, 0) is 13.0 Å². The van der Waals surface area contributed by atoms with Gasteiger partial charge in [0.15, 0.2) is 5.82 Å². The smallest absolute Gasteiger partial charge is 0.329 e. The number of nitrogens with zero attached hydrogens (tertiary/aromatic N) is 4. The third-order valence-corrected chi connectivity index (χ3v) is 6.45. The van der Waals surface area contributed by atoms with E-state index in [0.717, 1.165) is 40.3 Å². The normalized spacial score (nSPS) is 15.3. The van der Waals surface area contributed by atoms with Crippen LogP contribution in [0, 0.1) is 6.92 Å². The summed E-state index contributed by atoms with van der Waals surface area (Å²) in [6.07, 6.45) is 1.98. The molecular formula is C24H25F2N5O2. The summed E-state index contributed by atoms with van der Waals surface area (Å²) in [7, 11) is 1.77. The highest BCUT2D eigenvalue weighted by Crippen LogP contribution is 2.38. The lowest BCUT2D eigenvalue weighted by Gasteiger charge is -2.19. The molecule has 2 aromatic carbocycles. The molecule has 5 rings (SSSR count). The van der Waals surface area contributed by atoms with Gasteiger partial charge in [-0.1, -0.05) is 18.2 Å². The molecule has 7 nitrogen and oxygen atoms in total. The number of aryl methyl sites for hydroxylation is 2. The molecule has 4 aromatic rings. The molecule has 1 fully saturated rings. The summed E-state index contributed by atoms with van der Waals surface area (Å²) in [6, 6.07) is 9.79. The van der Waals surface area contributed by atoms with Crippen LogP contribution in [0.25, 0.3) is 21.8 Å². The molecule has 33 heavy (non-hydrogen) atoms. The van der Waals surface area contributed by atoms with Gasteiger partial charge in [-0.15, -0.1) is 5.10 Å². The average molecular weight is 453 g/mol. The van der Waals surface area contributed by atoms with Crippen molar-refractivity contribution in [1.29, 1.82) is 0 Å². The minimum atomic E-state index is -3.31. The monoisotopic (exact) mass is 453 g/mol. The highest BCUT2D eigenvalue weighted by atomic mass is 19.3. The molecule has 0 bridgehead atoms. The Kier molecular flexibility index (Phi) is 4.97. The summed E-state index contributed by atoms with van der Waals surface area (Å²) < 4.78 is 31.5. The van der Waals surface area contributed by atoms with E-state index in [-0.39, 0.29) is 23.3 Å². The van der Waals surface area contributed by atoms with Crippen LogP contribution in [0.2, 0.25) is 0 Å². The van der Waals surface area contributed by atoms with Crippen molar-refractivity contribution in [3.8, 4) is 0 Å². The molecule has 172 valence electrons. The van der Waals surface area contributed by atoms with Gasteiger partial charge in [0, 0.05) is 29.4 Å². The second kappa shape index (κ2) is 7.62. The average Bonchev–Trinajstić information content (AvgIpc) is 3.62. The largest absolute Gasteiger partial charge is 0.390 e. The Morgan fingerprint density at radius 2 is 1.91 bits per heavy atom. The number of hydrogen-bond donors (Lipinski definition) is 2. The van der Waals surface area contributed by atoms with E-state index in [1.54, 1.807) is 23.7 Å². The zero-order valence-electron chi connectivity index (χ0n) is 18.6. The summed E-state index contributed by atoms with van der Waals surface area (Å²) >= 11 is 0. The number of benzene rings is 2. The van der Waals surface area contributed by atoms with Crippen molar-refractivity contribution in [3.05, 3.63) is 63.7 Å². The van der Waals surface area contributed by atoms with Crippen LogP contribution in [0.3, 0.4) is 0 Å². The van der Waals surface area contributed by atoms with E-state index in [0.29, 0.717) is 11.4 Å². The molecule has 0 unspecified atom stereocenters. The number of fused-ring (bicyclic) bond motifs is 2. The Morgan fingerprint density at radius 1 is 1.18 bits per heavy atom. The standard InChI is InChI=1S/C24H25F2N5O2/c1-13(15-5-4-6-16(9-15)24(25,26)12-32)27-22-19-11-21-20(10-18(19)14(2)28-29-22)30(3)23(33)31(21)17-7-8-17/h4-6,9-11,13,17,32H,7-8,12H2,1-3H3,(H,27,29)/t13-/m1/s1. The number of imidazole rings is 1. The fourth-order valence-corrected chi connectivity index (χ4v) is 4.34. The van der Waals surface area contributed by atoms with Crippen molar-refractivity contribution in [2.45, 2.75) is 44.7 Å². The first kappa shape index (κ1) is 21.5. The maximum atomic E-state index is 14.0. The van der Waals surface area contributed by atoms with Gasteiger partial charge in [0.1, 0.15) is 6.61 Å². The van der Waals surface area contributed by atoms with Crippen LogP contribution in [-0.4, -0.2) is 31.0 Å². The van der Waals surface area contributed by atoms with Gasteiger partial charge in [-0.25, -0.2) is 4.79 Å². The Labute approximate surface area is 188 Å². The molecule has 1 saturated carbocycles. The lowest BCUT2D eigenvalue weighted by atomic mass is 10.0. The Balaban J connectivity index is 1.60. The molecule has 2 N–H and O–H groups in total. The zero-order valence-corrected chi connectivity index (χ0v) is 18.6. The van der Waals surface area contributed by atoms with Crippen LogP contribution >= 0.6 is 0 Å². The van der Waals surface area contributed by atoms with Crippen molar-refractivity contribution in [3.63, 3.8) is 0 Å². The van der Waals surface area contributed by atoms with E-state index < -0.39 is 12.5 Å².